The van der Waals surface area contributed by atoms with Gasteiger partial charge in [-0.25, -0.2) is 9.37 Å². The van der Waals surface area contributed by atoms with E-state index in [2.05, 4.69) is 16.4 Å². The monoisotopic (exact) mass is 371 g/mol. The summed E-state index contributed by atoms with van der Waals surface area (Å²) >= 11 is 0. The van der Waals surface area contributed by atoms with Gasteiger partial charge in [0.05, 0.1) is 17.7 Å². The Morgan fingerprint density at radius 3 is 2.85 bits per heavy atom. The first-order valence-electron chi connectivity index (χ1n) is 9.01. The molecule has 0 saturated carbocycles. The molecule has 142 valence electrons. The molecular weight excluding hydrogens is 349 g/mol. The molecule has 0 bridgehead atoms. The number of carbonyl (C=O) groups excluding carboxylic acids is 1. The minimum atomic E-state index is -1.51. The second kappa shape index (κ2) is 7.78. The minimum Gasteiger partial charge on any atom is -0.490 e. The van der Waals surface area contributed by atoms with Crippen LogP contribution in [0, 0.1) is 17.2 Å². The Morgan fingerprint density at radius 1 is 1.41 bits per heavy atom. The summed E-state index contributed by atoms with van der Waals surface area (Å²) in [6, 6.07) is 6.98. The molecule has 3 rings (SSSR count). The Kier molecular flexibility index (Phi) is 5.45. The van der Waals surface area contributed by atoms with Crippen LogP contribution in [0.15, 0.2) is 24.4 Å². The minimum absolute atomic E-state index is 0.0870. The second-order valence-electron chi connectivity index (χ2n) is 6.86. The van der Waals surface area contributed by atoms with Gasteiger partial charge in [-0.3, -0.25) is 4.79 Å². The Morgan fingerprint density at radius 2 is 2.19 bits per heavy atom. The first kappa shape index (κ1) is 18.9. The first-order chi connectivity index (χ1) is 12.9. The van der Waals surface area contributed by atoms with Crippen LogP contribution in [0.4, 0.5) is 4.39 Å². The number of nitrogens with one attached hydrogen (secondary N) is 1. The number of halogens is 1. The van der Waals surface area contributed by atoms with Crippen LogP contribution >= 0.6 is 0 Å². The van der Waals surface area contributed by atoms with Gasteiger partial charge in [-0.05, 0) is 43.9 Å². The van der Waals surface area contributed by atoms with Crippen molar-refractivity contribution in [2.75, 3.05) is 6.61 Å². The molecule has 2 heterocycles. The van der Waals surface area contributed by atoms with Crippen LogP contribution in [0.3, 0.4) is 0 Å². The van der Waals surface area contributed by atoms with Crippen molar-refractivity contribution >= 4 is 16.7 Å². The Balaban J connectivity index is 1.88. The van der Waals surface area contributed by atoms with Gasteiger partial charge in [-0.2, -0.15) is 5.26 Å². The molecule has 1 aliphatic rings. The number of pyridine rings is 1. The van der Waals surface area contributed by atoms with Gasteiger partial charge in [-0.15, -0.1) is 0 Å². The van der Waals surface area contributed by atoms with Gasteiger partial charge in [0.25, 0.3) is 5.91 Å². The molecule has 1 N–H and O–H groups in total. The molecule has 1 aliphatic heterocycles. The van der Waals surface area contributed by atoms with E-state index in [9.17, 15) is 14.4 Å². The number of alkyl halides is 1. The van der Waals surface area contributed by atoms with E-state index < -0.39 is 24.0 Å². The predicted octanol–water partition coefficient (Wildman–Crippen LogP) is 3.14. The highest BCUT2D eigenvalue weighted by Gasteiger charge is 2.41. The second-order valence-corrected chi connectivity index (χ2v) is 6.86. The SMILES string of the molecule is CC[C@@H]1[C@H](F)C(=O)N[C@@H]1COc1nccc2cc(C#N)c(OC(C)C)cc12. The van der Waals surface area contributed by atoms with Crippen LogP contribution in [-0.2, 0) is 4.79 Å². The quantitative estimate of drug-likeness (QED) is 0.843. The fourth-order valence-electron chi connectivity index (χ4n) is 3.32. The van der Waals surface area contributed by atoms with Gasteiger partial charge in [0.15, 0.2) is 6.17 Å². The number of rotatable bonds is 6. The molecule has 0 aliphatic carbocycles. The molecule has 3 atom stereocenters. The summed E-state index contributed by atoms with van der Waals surface area (Å²) in [6.45, 7) is 5.73. The van der Waals surface area contributed by atoms with Crippen LogP contribution in [0.2, 0.25) is 0 Å². The first-order valence-corrected chi connectivity index (χ1v) is 9.01. The largest absolute Gasteiger partial charge is 0.490 e. The lowest BCUT2D eigenvalue weighted by Crippen LogP contribution is -2.34. The fourth-order valence-corrected chi connectivity index (χ4v) is 3.32. The van der Waals surface area contributed by atoms with Gasteiger partial charge in [0, 0.05) is 17.5 Å². The Hall–Kier alpha value is -2.88. The van der Waals surface area contributed by atoms with Crippen molar-refractivity contribution in [3.05, 3.63) is 30.0 Å². The maximum absolute atomic E-state index is 13.9. The lowest BCUT2D eigenvalue weighted by atomic mass is 9.97. The maximum atomic E-state index is 13.9. The molecule has 1 aromatic heterocycles. The summed E-state index contributed by atoms with van der Waals surface area (Å²) in [5.41, 5.74) is 0.433. The number of fused-ring (bicyclic) bond motifs is 1. The summed E-state index contributed by atoms with van der Waals surface area (Å²) in [7, 11) is 0. The summed E-state index contributed by atoms with van der Waals surface area (Å²) in [5, 5.41) is 13.5. The number of benzene rings is 1. The zero-order valence-corrected chi connectivity index (χ0v) is 15.5. The van der Waals surface area contributed by atoms with Gasteiger partial charge >= 0.3 is 0 Å². The average molecular weight is 371 g/mol. The molecule has 2 aromatic rings. The molecule has 0 spiro atoms. The topological polar surface area (TPSA) is 84.2 Å². The van der Waals surface area contributed by atoms with E-state index in [-0.39, 0.29) is 12.7 Å². The van der Waals surface area contributed by atoms with Gasteiger partial charge in [0.1, 0.15) is 18.4 Å². The third-order valence-corrected chi connectivity index (χ3v) is 4.65. The summed E-state index contributed by atoms with van der Waals surface area (Å²) in [5.74, 6) is -0.190. The fraction of sp³-hybridized carbons (Fsp3) is 0.450. The highest BCUT2D eigenvalue weighted by molar-refractivity contribution is 5.89. The van der Waals surface area contributed by atoms with E-state index >= 15 is 0 Å². The highest BCUT2D eigenvalue weighted by Crippen LogP contribution is 2.32. The van der Waals surface area contributed by atoms with Crippen molar-refractivity contribution < 1.29 is 18.7 Å². The number of hydrogen-bond acceptors (Lipinski definition) is 5. The summed E-state index contributed by atoms with van der Waals surface area (Å²) in [4.78, 5) is 15.9. The lowest BCUT2D eigenvalue weighted by molar-refractivity contribution is -0.123. The number of nitriles is 1. The van der Waals surface area contributed by atoms with Crippen LogP contribution in [0.1, 0.15) is 32.8 Å². The van der Waals surface area contributed by atoms with E-state index in [1.807, 2.05) is 20.8 Å². The molecule has 0 radical (unpaired) electrons. The van der Waals surface area contributed by atoms with E-state index in [1.54, 1.807) is 24.4 Å². The molecule has 1 saturated heterocycles. The van der Waals surface area contributed by atoms with E-state index in [0.29, 0.717) is 29.0 Å². The zero-order chi connectivity index (χ0) is 19.6. The number of amides is 1. The number of nitrogens with zero attached hydrogens (tertiary/aromatic N) is 2. The van der Waals surface area contributed by atoms with Crippen molar-refractivity contribution in [1.29, 1.82) is 5.26 Å². The Labute approximate surface area is 157 Å². The molecule has 1 fully saturated rings. The summed E-state index contributed by atoms with van der Waals surface area (Å²) < 4.78 is 25.5. The average Bonchev–Trinajstić information content (AvgIpc) is 2.92. The maximum Gasteiger partial charge on any atom is 0.255 e. The van der Waals surface area contributed by atoms with Crippen LogP contribution in [-0.4, -0.2) is 35.8 Å². The molecule has 1 amide bonds. The van der Waals surface area contributed by atoms with Gasteiger partial charge < -0.3 is 14.8 Å². The van der Waals surface area contributed by atoms with Crippen LogP contribution < -0.4 is 14.8 Å². The molecule has 27 heavy (non-hydrogen) atoms. The Bertz CT molecular complexity index is 894. The predicted molar refractivity (Wildman–Crippen MR) is 98.3 cm³/mol. The van der Waals surface area contributed by atoms with Crippen molar-refractivity contribution in [3.8, 4) is 17.7 Å². The van der Waals surface area contributed by atoms with E-state index in [0.717, 1.165) is 5.39 Å². The van der Waals surface area contributed by atoms with Crippen molar-refractivity contribution in [1.82, 2.24) is 10.3 Å². The standard InChI is InChI=1S/C20H22FN3O3/c1-4-14-16(24-19(25)18(14)21)10-26-20-15-8-17(27-11(2)3)13(9-22)7-12(15)5-6-23-20/h5-8,11,14,16,18H,4,10H2,1-3H3,(H,24,25)/t14-,16+,18-/m0/s1. The van der Waals surface area contributed by atoms with Crippen LogP contribution in [0.5, 0.6) is 11.6 Å². The van der Waals surface area contributed by atoms with Crippen molar-refractivity contribution in [2.24, 2.45) is 5.92 Å². The van der Waals surface area contributed by atoms with Gasteiger partial charge in [0.2, 0.25) is 5.88 Å². The number of aromatic nitrogens is 1. The van der Waals surface area contributed by atoms with Crippen molar-refractivity contribution in [3.63, 3.8) is 0 Å². The van der Waals surface area contributed by atoms with Crippen molar-refractivity contribution in [2.45, 2.75) is 45.5 Å². The highest BCUT2D eigenvalue weighted by atomic mass is 19.1. The number of hydrogen-bond donors (Lipinski definition) is 1. The molecule has 1 aromatic carbocycles. The van der Waals surface area contributed by atoms with E-state index in [1.165, 1.54) is 0 Å². The third-order valence-electron chi connectivity index (χ3n) is 4.65. The molecule has 7 heteroatoms. The van der Waals surface area contributed by atoms with Gasteiger partial charge in [-0.1, -0.05) is 6.92 Å². The third kappa shape index (κ3) is 3.80. The molecule has 0 unspecified atom stereocenters. The number of ether oxygens (including phenoxy) is 2. The smallest absolute Gasteiger partial charge is 0.255 e. The lowest BCUT2D eigenvalue weighted by Gasteiger charge is -2.19. The summed E-state index contributed by atoms with van der Waals surface area (Å²) in [6.07, 6.45) is 0.531. The number of carbonyl (C=O) groups is 1. The normalized spacial score (nSPS) is 21.9. The zero-order valence-electron chi connectivity index (χ0n) is 15.5. The molecule has 6 nitrogen and oxygen atoms in total. The van der Waals surface area contributed by atoms with E-state index in [4.69, 9.17) is 9.47 Å². The molecular formula is C20H22FN3O3. The van der Waals surface area contributed by atoms with Crippen LogP contribution in [0.25, 0.3) is 10.8 Å².